The molecule has 1 aliphatic rings. The number of benzene rings is 1. The van der Waals surface area contributed by atoms with E-state index >= 15 is 0 Å². The Bertz CT molecular complexity index is 1030. The summed E-state index contributed by atoms with van der Waals surface area (Å²) in [5, 5.41) is 7.80. The first-order chi connectivity index (χ1) is 13.2. The van der Waals surface area contributed by atoms with Crippen molar-refractivity contribution in [2.45, 2.75) is 18.9 Å². The molecule has 1 fully saturated rings. The van der Waals surface area contributed by atoms with E-state index in [0.717, 1.165) is 52.3 Å². The lowest BCUT2D eigenvalue weighted by Gasteiger charge is -2.24. The van der Waals surface area contributed by atoms with Crippen molar-refractivity contribution in [3.63, 3.8) is 0 Å². The number of pyridine rings is 1. The Kier molecular flexibility index (Phi) is 5.05. The van der Waals surface area contributed by atoms with Crippen molar-refractivity contribution in [2.75, 3.05) is 18.4 Å². The van der Waals surface area contributed by atoms with Crippen molar-refractivity contribution in [2.24, 2.45) is 5.73 Å². The third-order valence-electron chi connectivity index (χ3n) is 4.56. The van der Waals surface area contributed by atoms with Gasteiger partial charge in [0.25, 0.3) is 5.91 Å². The van der Waals surface area contributed by atoms with Gasteiger partial charge in [0.05, 0.1) is 15.1 Å². The van der Waals surface area contributed by atoms with Gasteiger partial charge in [-0.15, -0.1) is 11.3 Å². The molecule has 3 heterocycles. The van der Waals surface area contributed by atoms with Crippen molar-refractivity contribution in [1.82, 2.24) is 10.3 Å². The van der Waals surface area contributed by atoms with Crippen molar-refractivity contribution in [3.05, 3.63) is 58.6 Å². The first-order valence-electron chi connectivity index (χ1n) is 8.97. The van der Waals surface area contributed by atoms with Gasteiger partial charge in [0, 0.05) is 29.7 Å². The zero-order valence-corrected chi connectivity index (χ0v) is 15.6. The van der Waals surface area contributed by atoms with E-state index in [4.69, 9.17) is 5.73 Å². The second kappa shape index (κ2) is 7.78. The maximum atomic E-state index is 11.8. The number of thiophene rings is 1. The average molecular weight is 376 g/mol. The van der Waals surface area contributed by atoms with E-state index in [1.54, 1.807) is 6.20 Å². The summed E-state index contributed by atoms with van der Waals surface area (Å²) in [4.78, 5) is 17.2. The summed E-state index contributed by atoms with van der Waals surface area (Å²) in [6.07, 6.45) is 3.80. The molecular weight excluding hydrogens is 356 g/mol. The number of fused-ring (bicyclic) bond motifs is 1. The van der Waals surface area contributed by atoms with Crippen LogP contribution in [0.2, 0.25) is 0 Å². The molecule has 0 bridgehead atoms. The molecule has 27 heavy (non-hydrogen) atoms. The molecule has 0 unspecified atom stereocenters. The summed E-state index contributed by atoms with van der Waals surface area (Å²) in [6.45, 7) is 1.96. The van der Waals surface area contributed by atoms with Crippen LogP contribution in [-0.4, -0.2) is 30.0 Å². The summed E-state index contributed by atoms with van der Waals surface area (Å²) >= 11 is 1.48. The molecule has 1 aliphatic heterocycles. The van der Waals surface area contributed by atoms with Gasteiger partial charge < -0.3 is 16.4 Å². The Balaban J connectivity index is 1.72. The summed E-state index contributed by atoms with van der Waals surface area (Å²) in [5.41, 5.74) is 6.94. The lowest BCUT2D eigenvalue weighted by atomic mass is 10.1. The number of aromatic nitrogens is 1. The quantitative estimate of drug-likeness (QED) is 0.614. The molecule has 6 heteroatoms. The Morgan fingerprint density at radius 1 is 1.30 bits per heavy atom. The molecule has 4 N–H and O–H groups in total. The first kappa shape index (κ1) is 17.5. The highest BCUT2D eigenvalue weighted by Crippen LogP contribution is 2.33. The second-order valence-electron chi connectivity index (χ2n) is 6.54. The minimum atomic E-state index is -0.470. The molecule has 4 rings (SSSR count). The number of carbonyl (C=O) groups is 1. The number of hydrogen-bond acceptors (Lipinski definition) is 5. The molecule has 5 nitrogen and oxygen atoms in total. The summed E-state index contributed by atoms with van der Waals surface area (Å²) in [6, 6.07) is 12.2. The number of nitrogens with two attached hydrogens (primary N) is 1. The summed E-state index contributed by atoms with van der Waals surface area (Å²) < 4.78 is 0.834. The van der Waals surface area contributed by atoms with Crippen LogP contribution < -0.4 is 16.4 Å². The van der Waals surface area contributed by atoms with Crippen molar-refractivity contribution >= 4 is 33.1 Å². The van der Waals surface area contributed by atoms with Gasteiger partial charge in [-0.1, -0.05) is 30.0 Å². The molecule has 0 aliphatic carbocycles. The minimum absolute atomic E-state index is 0.327. The van der Waals surface area contributed by atoms with Crippen LogP contribution in [-0.2, 0) is 0 Å². The average Bonchev–Trinajstić information content (AvgIpc) is 3.12. The Hall–Kier alpha value is -2.88. The summed E-state index contributed by atoms with van der Waals surface area (Å²) in [5.74, 6) is 6.68. The number of piperidine rings is 1. The molecule has 1 atom stereocenters. The molecule has 1 saturated heterocycles. The van der Waals surface area contributed by atoms with E-state index in [2.05, 4.69) is 27.5 Å². The number of amides is 1. The predicted octanol–water partition coefficient (Wildman–Crippen LogP) is 2.96. The number of anilines is 1. The SMILES string of the molecule is NC(=O)c1cnc(N[C@H]2CCCNC2)c2cc(C#Cc3ccccc3)sc12. The summed E-state index contributed by atoms with van der Waals surface area (Å²) in [7, 11) is 0. The highest BCUT2D eigenvalue weighted by atomic mass is 32.1. The van der Waals surface area contributed by atoms with Crippen LogP contribution in [0.1, 0.15) is 33.6 Å². The van der Waals surface area contributed by atoms with Crippen LogP contribution in [0.5, 0.6) is 0 Å². The van der Waals surface area contributed by atoms with Gasteiger partial charge in [0.15, 0.2) is 0 Å². The fourth-order valence-electron chi connectivity index (χ4n) is 3.20. The van der Waals surface area contributed by atoms with Gasteiger partial charge in [-0.05, 0) is 37.6 Å². The standard InChI is InChI=1S/C21H20N4OS/c22-20(26)18-13-24-21(25-15-7-4-10-23-12-15)17-11-16(27-19(17)18)9-8-14-5-2-1-3-6-14/h1-3,5-6,11,13,15,23H,4,7,10,12H2,(H2,22,26)(H,24,25)/t15-/m0/s1. The van der Waals surface area contributed by atoms with E-state index in [0.29, 0.717) is 11.6 Å². The van der Waals surface area contributed by atoms with Crippen LogP contribution in [0.3, 0.4) is 0 Å². The largest absolute Gasteiger partial charge is 0.366 e. The van der Waals surface area contributed by atoms with Crippen molar-refractivity contribution in [1.29, 1.82) is 0 Å². The monoisotopic (exact) mass is 376 g/mol. The predicted molar refractivity (Wildman–Crippen MR) is 110 cm³/mol. The van der Waals surface area contributed by atoms with Gasteiger partial charge in [0.2, 0.25) is 0 Å². The topological polar surface area (TPSA) is 80.0 Å². The number of carbonyl (C=O) groups excluding carboxylic acids is 1. The van der Waals surface area contributed by atoms with Crippen LogP contribution >= 0.6 is 11.3 Å². The molecule has 0 saturated carbocycles. The molecule has 2 aromatic heterocycles. The van der Waals surface area contributed by atoms with Crippen LogP contribution in [0.15, 0.2) is 42.6 Å². The maximum absolute atomic E-state index is 11.8. The highest BCUT2D eigenvalue weighted by molar-refractivity contribution is 7.20. The van der Waals surface area contributed by atoms with Gasteiger partial charge >= 0.3 is 0 Å². The van der Waals surface area contributed by atoms with Crippen LogP contribution in [0.4, 0.5) is 5.82 Å². The molecule has 1 amide bonds. The Morgan fingerprint density at radius 3 is 2.89 bits per heavy atom. The molecule has 3 aromatic rings. The van der Waals surface area contributed by atoms with Crippen molar-refractivity contribution in [3.8, 4) is 11.8 Å². The zero-order chi connectivity index (χ0) is 18.6. The van der Waals surface area contributed by atoms with Gasteiger partial charge in [0.1, 0.15) is 5.82 Å². The van der Waals surface area contributed by atoms with Gasteiger partial charge in [-0.3, -0.25) is 4.79 Å². The minimum Gasteiger partial charge on any atom is -0.366 e. The fraction of sp³-hybridized carbons (Fsp3) is 0.238. The smallest absolute Gasteiger partial charge is 0.251 e. The zero-order valence-electron chi connectivity index (χ0n) is 14.8. The second-order valence-corrected chi connectivity index (χ2v) is 7.59. The van der Waals surface area contributed by atoms with E-state index < -0.39 is 5.91 Å². The number of hydrogen-bond donors (Lipinski definition) is 3. The number of primary amides is 1. The van der Waals surface area contributed by atoms with E-state index in [9.17, 15) is 4.79 Å². The lowest BCUT2D eigenvalue weighted by molar-refractivity contribution is 0.100. The third kappa shape index (κ3) is 3.95. The molecule has 0 spiro atoms. The van der Waals surface area contributed by atoms with E-state index in [1.165, 1.54) is 11.3 Å². The number of rotatable bonds is 3. The third-order valence-corrected chi connectivity index (χ3v) is 5.65. The Morgan fingerprint density at radius 2 is 2.15 bits per heavy atom. The number of nitrogens with one attached hydrogen (secondary N) is 2. The van der Waals surface area contributed by atoms with Crippen LogP contribution in [0, 0.1) is 11.8 Å². The molecule has 0 radical (unpaired) electrons. The fourth-order valence-corrected chi connectivity index (χ4v) is 4.23. The highest BCUT2D eigenvalue weighted by Gasteiger charge is 2.18. The first-order valence-corrected chi connectivity index (χ1v) is 9.79. The maximum Gasteiger partial charge on any atom is 0.251 e. The van der Waals surface area contributed by atoms with Crippen molar-refractivity contribution < 1.29 is 4.79 Å². The Labute approximate surface area is 162 Å². The number of nitrogens with zero attached hydrogens (tertiary/aromatic N) is 1. The lowest BCUT2D eigenvalue weighted by Crippen LogP contribution is -2.38. The van der Waals surface area contributed by atoms with Crippen LogP contribution in [0.25, 0.3) is 10.1 Å². The normalized spacial score (nSPS) is 16.5. The van der Waals surface area contributed by atoms with E-state index in [1.807, 2.05) is 36.4 Å². The molecule has 136 valence electrons. The molecular formula is C21H20N4OS. The van der Waals surface area contributed by atoms with Gasteiger partial charge in [-0.25, -0.2) is 4.98 Å². The van der Waals surface area contributed by atoms with Gasteiger partial charge in [-0.2, -0.15) is 0 Å². The molecule has 1 aromatic carbocycles. The van der Waals surface area contributed by atoms with E-state index in [-0.39, 0.29) is 0 Å².